The van der Waals surface area contributed by atoms with Gasteiger partial charge in [0.05, 0.1) is 6.04 Å². The smallest absolute Gasteiger partial charge is 0.387 e. The molecule has 2 nitrogen and oxygen atoms in total. The van der Waals surface area contributed by atoms with E-state index in [0.717, 1.165) is 22.3 Å². The average Bonchev–Trinajstić information content (AvgIpc) is 2.37. The van der Waals surface area contributed by atoms with Crippen LogP contribution >= 0.6 is 0 Å². The molecule has 0 bridgehead atoms. The molecule has 1 atom stereocenters. The van der Waals surface area contributed by atoms with Crippen molar-refractivity contribution in [3.8, 4) is 5.75 Å². The van der Waals surface area contributed by atoms with Gasteiger partial charge in [-0.15, -0.1) is 0 Å². The first-order valence-electron chi connectivity index (χ1n) is 6.34. The third-order valence-corrected chi connectivity index (χ3v) is 3.07. The Hall–Kier alpha value is -1.94. The van der Waals surface area contributed by atoms with Gasteiger partial charge in [0.1, 0.15) is 5.75 Å². The second-order valence-electron chi connectivity index (χ2n) is 4.85. The van der Waals surface area contributed by atoms with Crippen molar-refractivity contribution in [2.45, 2.75) is 26.5 Å². The fourth-order valence-electron chi connectivity index (χ4n) is 2.24. The van der Waals surface area contributed by atoms with Crippen LogP contribution in [0.25, 0.3) is 0 Å². The third-order valence-electron chi connectivity index (χ3n) is 3.07. The highest BCUT2D eigenvalue weighted by Crippen LogP contribution is 2.24. The number of rotatable bonds is 4. The standard InChI is InChI=1S/C16H17F2NO/c1-10-7-11(2)9-13(8-10)15(19)12-3-5-14(6-4-12)20-16(17)18/h3-9,15-16H,19H2,1-2H3. The van der Waals surface area contributed by atoms with Gasteiger partial charge in [-0.2, -0.15) is 8.78 Å². The molecule has 0 radical (unpaired) electrons. The lowest BCUT2D eigenvalue weighted by Crippen LogP contribution is -2.12. The van der Waals surface area contributed by atoms with Gasteiger partial charge in [-0.3, -0.25) is 0 Å². The average molecular weight is 277 g/mol. The minimum Gasteiger partial charge on any atom is -0.435 e. The molecule has 0 aliphatic heterocycles. The summed E-state index contributed by atoms with van der Waals surface area (Å²) in [6.07, 6.45) is 0. The molecule has 106 valence electrons. The largest absolute Gasteiger partial charge is 0.435 e. The van der Waals surface area contributed by atoms with Crippen LogP contribution in [0.15, 0.2) is 42.5 Å². The van der Waals surface area contributed by atoms with Crippen molar-refractivity contribution in [2.75, 3.05) is 0 Å². The fourth-order valence-corrected chi connectivity index (χ4v) is 2.24. The van der Waals surface area contributed by atoms with Crippen molar-refractivity contribution in [3.05, 3.63) is 64.7 Å². The fraction of sp³-hybridized carbons (Fsp3) is 0.250. The van der Waals surface area contributed by atoms with Crippen LogP contribution < -0.4 is 10.5 Å². The van der Waals surface area contributed by atoms with Crippen LogP contribution in [0.5, 0.6) is 5.75 Å². The van der Waals surface area contributed by atoms with Crippen molar-refractivity contribution >= 4 is 0 Å². The molecular weight excluding hydrogens is 260 g/mol. The van der Waals surface area contributed by atoms with E-state index in [0.29, 0.717) is 0 Å². The van der Waals surface area contributed by atoms with E-state index < -0.39 is 6.61 Å². The second-order valence-corrected chi connectivity index (χ2v) is 4.85. The molecule has 0 saturated carbocycles. The topological polar surface area (TPSA) is 35.2 Å². The SMILES string of the molecule is Cc1cc(C)cc(C(N)c2ccc(OC(F)F)cc2)c1. The van der Waals surface area contributed by atoms with Crippen LogP contribution in [-0.4, -0.2) is 6.61 Å². The Labute approximate surface area is 117 Å². The molecule has 1 unspecified atom stereocenters. The molecule has 4 heteroatoms. The van der Waals surface area contributed by atoms with E-state index in [9.17, 15) is 8.78 Å². The maximum atomic E-state index is 12.1. The van der Waals surface area contributed by atoms with Crippen LogP contribution in [0, 0.1) is 13.8 Å². The lowest BCUT2D eigenvalue weighted by Gasteiger charge is -2.15. The summed E-state index contributed by atoms with van der Waals surface area (Å²) >= 11 is 0. The minimum atomic E-state index is -2.81. The number of benzene rings is 2. The normalized spacial score (nSPS) is 12.5. The highest BCUT2D eigenvalue weighted by atomic mass is 19.3. The molecule has 0 aliphatic carbocycles. The zero-order valence-corrected chi connectivity index (χ0v) is 11.4. The van der Waals surface area contributed by atoms with E-state index in [2.05, 4.69) is 10.8 Å². The first-order valence-corrected chi connectivity index (χ1v) is 6.34. The molecule has 0 aromatic heterocycles. The van der Waals surface area contributed by atoms with E-state index in [1.807, 2.05) is 26.0 Å². The van der Waals surface area contributed by atoms with Gasteiger partial charge in [0, 0.05) is 0 Å². The number of ether oxygens (including phenoxy) is 1. The highest BCUT2D eigenvalue weighted by Gasteiger charge is 2.11. The predicted molar refractivity (Wildman–Crippen MR) is 75.0 cm³/mol. The van der Waals surface area contributed by atoms with Crippen LogP contribution in [0.3, 0.4) is 0 Å². The quantitative estimate of drug-likeness (QED) is 0.918. The van der Waals surface area contributed by atoms with E-state index in [1.165, 1.54) is 12.1 Å². The number of hydrogen-bond donors (Lipinski definition) is 1. The summed E-state index contributed by atoms with van der Waals surface area (Å²) in [5.41, 5.74) is 10.4. The maximum absolute atomic E-state index is 12.1. The first-order chi connectivity index (χ1) is 9.45. The van der Waals surface area contributed by atoms with E-state index >= 15 is 0 Å². The monoisotopic (exact) mass is 277 g/mol. The molecule has 2 aromatic rings. The summed E-state index contributed by atoms with van der Waals surface area (Å²) in [6, 6.07) is 12.3. The van der Waals surface area contributed by atoms with Gasteiger partial charge in [-0.05, 0) is 37.1 Å². The molecule has 2 N–H and O–H groups in total. The molecule has 20 heavy (non-hydrogen) atoms. The zero-order chi connectivity index (χ0) is 14.7. The second kappa shape index (κ2) is 6.01. The molecule has 2 aromatic carbocycles. The van der Waals surface area contributed by atoms with Crippen LogP contribution in [0.1, 0.15) is 28.3 Å². The van der Waals surface area contributed by atoms with Gasteiger partial charge in [-0.25, -0.2) is 0 Å². The number of nitrogens with two attached hydrogens (primary N) is 1. The summed E-state index contributed by atoms with van der Waals surface area (Å²) in [7, 11) is 0. The van der Waals surface area contributed by atoms with Crippen molar-refractivity contribution in [1.82, 2.24) is 0 Å². The molecule has 0 heterocycles. The van der Waals surface area contributed by atoms with Gasteiger partial charge < -0.3 is 10.5 Å². The van der Waals surface area contributed by atoms with Crippen LogP contribution in [0.4, 0.5) is 8.78 Å². The third kappa shape index (κ3) is 3.54. The molecule has 0 spiro atoms. The number of alkyl halides is 2. The van der Waals surface area contributed by atoms with Gasteiger partial charge in [0.25, 0.3) is 0 Å². The predicted octanol–water partition coefficient (Wildman–Crippen LogP) is 3.95. The van der Waals surface area contributed by atoms with Gasteiger partial charge >= 0.3 is 6.61 Å². The Kier molecular flexibility index (Phi) is 4.35. The molecule has 2 rings (SSSR count). The Morgan fingerprint density at radius 1 is 0.900 bits per heavy atom. The molecule has 0 fully saturated rings. The number of hydrogen-bond acceptors (Lipinski definition) is 2. The first kappa shape index (κ1) is 14.5. The summed E-state index contributed by atoms with van der Waals surface area (Å²) in [5.74, 6) is 0.136. The highest BCUT2D eigenvalue weighted by molar-refractivity contribution is 5.38. The van der Waals surface area contributed by atoms with Gasteiger partial charge in [0.2, 0.25) is 0 Å². The Morgan fingerprint density at radius 3 is 1.95 bits per heavy atom. The van der Waals surface area contributed by atoms with Crippen molar-refractivity contribution in [1.29, 1.82) is 0 Å². The van der Waals surface area contributed by atoms with E-state index in [4.69, 9.17) is 5.73 Å². The van der Waals surface area contributed by atoms with Crippen molar-refractivity contribution < 1.29 is 13.5 Å². The Balaban J connectivity index is 2.22. The number of halogens is 2. The van der Waals surface area contributed by atoms with Gasteiger partial charge in [-0.1, -0.05) is 41.5 Å². The molecule has 0 saturated heterocycles. The van der Waals surface area contributed by atoms with Crippen LogP contribution in [0.2, 0.25) is 0 Å². The maximum Gasteiger partial charge on any atom is 0.387 e. The Morgan fingerprint density at radius 2 is 1.45 bits per heavy atom. The van der Waals surface area contributed by atoms with E-state index in [1.54, 1.807) is 12.1 Å². The summed E-state index contributed by atoms with van der Waals surface area (Å²) in [4.78, 5) is 0. The van der Waals surface area contributed by atoms with Gasteiger partial charge in [0.15, 0.2) is 0 Å². The number of aryl methyl sites for hydroxylation is 2. The zero-order valence-electron chi connectivity index (χ0n) is 11.4. The lowest BCUT2D eigenvalue weighted by molar-refractivity contribution is -0.0498. The summed E-state index contributed by atoms with van der Waals surface area (Å²) in [6.45, 7) is 1.22. The molecule has 0 aliphatic rings. The summed E-state index contributed by atoms with van der Waals surface area (Å²) in [5, 5.41) is 0. The molecular formula is C16H17F2NO. The summed E-state index contributed by atoms with van der Waals surface area (Å²) < 4.78 is 28.5. The van der Waals surface area contributed by atoms with Crippen molar-refractivity contribution in [3.63, 3.8) is 0 Å². The van der Waals surface area contributed by atoms with Crippen LogP contribution in [-0.2, 0) is 0 Å². The lowest BCUT2D eigenvalue weighted by atomic mass is 9.96. The minimum absolute atomic E-state index is 0.136. The van der Waals surface area contributed by atoms with Crippen molar-refractivity contribution in [2.24, 2.45) is 5.73 Å². The Bertz CT molecular complexity index is 561. The van der Waals surface area contributed by atoms with E-state index in [-0.39, 0.29) is 11.8 Å². The molecule has 0 amide bonds.